The van der Waals surface area contributed by atoms with Crippen LogP contribution in [0.1, 0.15) is 40.3 Å². The molecular weight excluding hydrogens is 697 g/mol. The molecule has 11 heteroatoms. The third-order valence-corrected chi connectivity index (χ3v) is 7.50. The number of rotatable bonds is 10. The van der Waals surface area contributed by atoms with Crippen molar-refractivity contribution in [3.05, 3.63) is 110 Å². The predicted octanol–water partition coefficient (Wildman–Crippen LogP) is 8.28. The Morgan fingerprint density at radius 3 is 2.43 bits per heavy atom. The normalized spacial score (nSPS) is 11.1. The van der Waals surface area contributed by atoms with Gasteiger partial charge in [-0.25, -0.2) is 14.6 Å². The van der Waals surface area contributed by atoms with Gasteiger partial charge in [0.2, 0.25) is 0 Å². The number of aromatic nitrogens is 1. The number of hydrogen-bond acceptors (Lipinski definition) is 6. The highest BCUT2D eigenvalue weighted by Gasteiger charge is 2.21. The molecule has 5 rings (SSSR count). The number of amides is 1. The summed E-state index contributed by atoms with van der Waals surface area (Å²) in [6.07, 6.45) is 1.35. The zero-order chi connectivity index (χ0) is 31.2. The highest BCUT2D eigenvalue weighted by molar-refractivity contribution is 9.11. The summed E-state index contributed by atoms with van der Waals surface area (Å²) in [5.74, 6) is -0.568. The van der Waals surface area contributed by atoms with Crippen molar-refractivity contribution < 1.29 is 28.2 Å². The van der Waals surface area contributed by atoms with E-state index in [4.69, 9.17) is 14.2 Å². The first-order valence-corrected chi connectivity index (χ1v) is 15.2. The van der Waals surface area contributed by atoms with E-state index in [1.165, 1.54) is 12.3 Å². The molecule has 8 nitrogen and oxygen atoms in total. The van der Waals surface area contributed by atoms with E-state index in [0.717, 1.165) is 5.56 Å². The molecule has 0 aliphatic carbocycles. The molecule has 1 amide bonds. The fourth-order valence-electron chi connectivity index (χ4n) is 4.59. The number of nitrogens with zero attached hydrogens (tertiary/aromatic N) is 1. The summed E-state index contributed by atoms with van der Waals surface area (Å²) in [6, 6.07) is 22.1. The molecule has 2 N–H and O–H groups in total. The number of esters is 1. The van der Waals surface area contributed by atoms with Gasteiger partial charge in [-0.2, -0.15) is 5.10 Å². The summed E-state index contributed by atoms with van der Waals surface area (Å²) >= 11 is 6.89. The third kappa shape index (κ3) is 6.68. The minimum Gasteiger partial charge on any atom is -0.490 e. The Bertz CT molecular complexity index is 1880. The number of hydrogen-bond donors (Lipinski definition) is 2. The maximum absolute atomic E-state index is 14.6. The summed E-state index contributed by atoms with van der Waals surface area (Å²) in [4.78, 5) is 29.4. The largest absolute Gasteiger partial charge is 0.490 e. The number of hydrazone groups is 1. The van der Waals surface area contributed by atoms with E-state index in [-0.39, 0.29) is 22.5 Å². The monoisotopic (exact) mass is 721 g/mol. The van der Waals surface area contributed by atoms with Crippen LogP contribution >= 0.6 is 31.9 Å². The SMILES string of the molecule is CCOc1ccc(C(=O)Oc2c(Br)cc(Br)cc2C=NNC(=O)c2[nH]c3c(F)cccc3c2-c2ccccc2)cc1OCC. The number of ether oxygens (including phenoxy) is 3. The van der Waals surface area contributed by atoms with Crippen LogP contribution in [0.25, 0.3) is 22.0 Å². The molecular formula is C33H26Br2FN3O5. The maximum Gasteiger partial charge on any atom is 0.343 e. The van der Waals surface area contributed by atoms with Gasteiger partial charge in [-0.3, -0.25) is 4.79 Å². The molecule has 0 aliphatic heterocycles. The fraction of sp³-hybridized carbons (Fsp3) is 0.121. The second kappa shape index (κ2) is 13.9. The minimum atomic E-state index is -0.636. The molecule has 0 saturated carbocycles. The van der Waals surface area contributed by atoms with Crippen LogP contribution in [0.3, 0.4) is 0 Å². The van der Waals surface area contributed by atoms with Gasteiger partial charge in [0.15, 0.2) is 17.2 Å². The van der Waals surface area contributed by atoms with Crippen LogP contribution < -0.4 is 19.6 Å². The molecule has 1 heterocycles. The lowest BCUT2D eigenvalue weighted by atomic mass is 10.0. The number of halogens is 3. The van der Waals surface area contributed by atoms with Crippen LogP contribution in [0.4, 0.5) is 4.39 Å². The van der Waals surface area contributed by atoms with Crippen LogP contribution in [0.5, 0.6) is 17.2 Å². The number of carbonyl (C=O) groups is 2. The molecule has 0 unspecified atom stereocenters. The Morgan fingerprint density at radius 2 is 1.68 bits per heavy atom. The third-order valence-electron chi connectivity index (χ3n) is 6.45. The average molecular weight is 723 g/mol. The van der Waals surface area contributed by atoms with Gasteiger partial charge in [-0.05, 0) is 71.7 Å². The summed E-state index contributed by atoms with van der Waals surface area (Å²) in [6.45, 7) is 4.53. The van der Waals surface area contributed by atoms with Gasteiger partial charge >= 0.3 is 5.97 Å². The Morgan fingerprint density at radius 1 is 0.932 bits per heavy atom. The summed E-state index contributed by atoms with van der Waals surface area (Å²) in [5, 5.41) is 4.70. The summed E-state index contributed by atoms with van der Waals surface area (Å²) in [7, 11) is 0. The van der Waals surface area contributed by atoms with Gasteiger partial charge in [0, 0.05) is 21.0 Å². The van der Waals surface area contributed by atoms with Gasteiger partial charge in [-0.15, -0.1) is 0 Å². The number of para-hydroxylation sites is 1. The molecule has 0 atom stereocenters. The second-order valence-electron chi connectivity index (χ2n) is 9.33. The van der Waals surface area contributed by atoms with Gasteiger partial charge < -0.3 is 19.2 Å². The molecule has 0 spiro atoms. The van der Waals surface area contributed by atoms with Gasteiger partial charge in [0.05, 0.1) is 35.0 Å². The standard InChI is InChI=1S/C33H26Br2FN3O5/c1-3-42-26-14-13-20(16-27(26)43-4-2)33(41)44-31-21(15-22(34)17-24(31)35)18-37-39-32(40)30-28(19-9-6-5-7-10-19)23-11-8-12-25(36)29(23)38-30/h5-18,38H,3-4H2,1-2H3,(H,39,40). The molecule has 0 bridgehead atoms. The van der Waals surface area contributed by atoms with Crippen LogP contribution in [0.15, 0.2) is 92.9 Å². The molecule has 4 aromatic carbocycles. The van der Waals surface area contributed by atoms with Crippen molar-refractivity contribution in [2.75, 3.05) is 13.2 Å². The first-order chi connectivity index (χ1) is 21.3. The lowest BCUT2D eigenvalue weighted by molar-refractivity contribution is 0.0732. The molecule has 0 aliphatic rings. The number of aromatic amines is 1. The van der Waals surface area contributed by atoms with Crippen molar-refractivity contribution in [1.29, 1.82) is 0 Å². The Balaban J connectivity index is 1.42. The van der Waals surface area contributed by atoms with Crippen LogP contribution in [-0.4, -0.2) is 36.3 Å². The predicted molar refractivity (Wildman–Crippen MR) is 174 cm³/mol. The topological polar surface area (TPSA) is 102 Å². The quantitative estimate of drug-likeness (QED) is 0.0654. The van der Waals surface area contributed by atoms with Gasteiger partial charge in [0.1, 0.15) is 11.5 Å². The van der Waals surface area contributed by atoms with E-state index in [1.54, 1.807) is 42.5 Å². The van der Waals surface area contributed by atoms with Gasteiger partial charge in [-0.1, -0.05) is 58.4 Å². The number of benzene rings is 4. The number of fused-ring (bicyclic) bond motifs is 1. The molecule has 0 saturated heterocycles. The number of nitrogens with one attached hydrogen (secondary N) is 2. The van der Waals surface area contributed by atoms with Crippen molar-refractivity contribution in [3.8, 4) is 28.4 Å². The van der Waals surface area contributed by atoms with Crippen LogP contribution in [0.2, 0.25) is 0 Å². The van der Waals surface area contributed by atoms with E-state index in [0.29, 0.717) is 50.2 Å². The maximum atomic E-state index is 14.6. The van der Waals surface area contributed by atoms with Crippen LogP contribution in [-0.2, 0) is 0 Å². The van der Waals surface area contributed by atoms with E-state index >= 15 is 0 Å². The molecule has 0 radical (unpaired) electrons. The minimum absolute atomic E-state index is 0.149. The van der Waals surface area contributed by atoms with Crippen molar-refractivity contribution in [2.45, 2.75) is 13.8 Å². The van der Waals surface area contributed by atoms with E-state index in [9.17, 15) is 14.0 Å². The van der Waals surface area contributed by atoms with E-state index < -0.39 is 17.7 Å². The zero-order valence-electron chi connectivity index (χ0n) is 23.6. The highest BCUT2D eigenvalue weighted by Crippen LogP contribution is 2.35. The van der Waals surface area contributed by atoms with Crippen molar-refractivity contribution in [2.24, 2.45) is 5.10 Å². The Kier molecular flexibility index (Phi) is 9.76. The first kappa shape index (κ1) is 31.0. The van der Waals surface area contributed by atoms with Crippen LogP contribution in [0, 0.1) is 5.82 Å². The average Bonchev–Trinajstić information content (AvgIpc) is 3.41. The lowest BCUT2D eigenvalue weighted by Crippen LogP contribution is -2.19. The van der Waals surface area contributed by atoms with E-state index in [1.807, 2.05) is 44.2 Å². The first-order valence-electron chi connectivity index (χ1n) is 13.6. The summed E-state index contributed by atoms with van der Waals surface area (Å²) in [5.41, 5.74) is 4.80. The zero-order valence-corrected chi connectivity index (χ0v) is 26.8. The van der Waals surface area contributed by atoms with Gasteiger partial charge in [0.25, 0.3) is 5.91 Å². The van der Waals surface area contributed by atoms with Crippen molar-refractivity contribution >= 4 is 60.9 Å². The van der Waals surface area contributed by atoms with Crippen molar-refractivity contribution in [3.63, 3.8) is 0 Å². The number of carbonyl (C=O) groups excluding carboxylic acids is 2. The number of H-pyrrole nitrogens is 1. The van der Waals surface area contributed by atoms with Crippen molar-refractivity contribution in [1.82, 2.24) is 10.4 Å². The summed E-state index contributed by atoms with van der Waals surface area (Å²) < 4.78 is 32.8. The molecule has 5 aromatic rings. The molecule has 44 heavy (non-hydrogen) atoms. The molecule has 0 fully saturated rings. The smallest absolute Gasteiger partial charge is 0.343 e. The highest BCUT2D eigenvalue weighted by atomic mass is 79.9. The van der Waals surface area contributed by atoms with E-state index in [2.05, 4.69) is 47.4 Å². The Labute approximate surface area is 269 Å². The second-order valence-corrected chi connectivity index (χ2v) is 11.1. The Hall–Kier alpha value is -4.48. The fourth-order valence-corrected chi connectivity index (χ4v) is 5.93. The molecule has 224 valence electrons. The molecule has 1 aromatic heterocycles. The lowest BCUT2D eigenvalue weighted by Gasteiger charge is -2.13.